The number of hydrogen-bond acceptors (Lipinski definition) is 2. The molecule has 0 aliphatic carbocycles. The van der Waals surface area contributed by atoms with Gasteiger partial charge >= 0.3 is 0 Å². The van der Waals surface area contributed by atoms with E-state index in [1.807, 2.05) is 18.2 Å². The van der Waals surface area contributed by atoms with Crippen LogP contribution in [-0.4, -0.2) is 0 Å². The molecule has 0 bridgehead atoms. The number of anilines is 1. The standard InChI is InChI=1S/C11H17BrN2/c1-11(2,3)10(14)7-4-5-9(13)8(12)6-7/h4-6,10H,13-14H2,1-3H3/t10-/m0/s1. The minimum Gasteiger partial charge on any atom is -0.398 e. The van der Waals surface area contributed by atoms with E-state index in [2.05, 4.69) is 36.7 Å². The zero-order valence-electron chi connectivity index (χ0n) is 8.84. The normalized spacial score (nSPS) is 14.1. The molecule has 1 atom stereocenters. The molecule has 78 valence electrons. The average Bonchev–Trinajstić information content (AvgIpc) is 2.07. The fraction of sp³-hybridized carbons (Fsp3) is 0.455. The Morgan fingerprint density at radius 2 is 1.86 bits per heavy atom. The van der Waals surface area contributed by atoms with Crippen LogP contribution in [0, 0.1) is 5.41 Å². The summed E-state index contributed by atoms with van der Waals surface area (Å²) in [7, 11) is 0. The molecule has 3 heteroatoms. The van der Waals surface area contributed by atoms with E-state index >= 15 is 0 Å². The molecule has 1 aromatic rings. The van der Waals surface area contributed by atoms with Crippen LogP contribution in [-0.2, 0) is 0 Å². The van der Waals surface area contributed by atoms with E-state index in [1.165, 1.54) is 0 Å². The van der Waals surface area contributed by atoms with Gasteiger partial charge in [0, 0.05) is 16.2 Å². The topological polar surface area (TPSA) is 52.0 Å². The second kappa shape index (κ2) is 3.91. The van der Waals surface area contributed by atoms with Crippen LogP contribution < -0.4 is 11.5 Å². The SMILES string of the molecule is CC(C)(C)[C@@H](N)c1ccc(N)c(Br)c1. The molecule has 0 spiro atoms. The van der Waals surface area contributed by atoms with Crippen LogP contribution in [0.1, 0.15) is 32.4 Å². The molecular formula is C11H17BrN2. The molecule has 14 heavy (non-hydrogen) atoms. The molecule has 0 saturated carbocycles. The zero-order chi connectivity index (χ0) is 10.9. The molecular weight excluding hydrogens is 240 g/mol. The predicted octanol–water partition coefficient (Wildman–Crippen LogP) is 3.08. The number of nitrogens with two attached hydrogens (primary N) is 2. The van der Waals surface area contributed by atoms with Gasteiger partial charge in [-0.05, 0) is 39.0 Å². The lowest BCUT2D eigenvalue weighted by molar-refractivity contribution is 0.327. The second-order valence-corrected chi connectivity index (χ2v) is 5.48. The molecule has 0 aliphatic rings. The van der Waals surface area contributed by atoms with Crippen LogP contribution in [0.5, 0.6) is 0 Å². The van der Waals surface area contributed by atoms with Crippen molar-refractivity contribution in [2.45, 2.75) is 26.8 Å². The van der Waals surface area contributed by atoms with Crippen molar-refractivity contribution in [3.8, 4) is 0 Å². The summed E-state index contributed by atoms with van der Waals surface area (Å²) in [6.45, 7) is 6.38. The van der Waals surface area contributed by atoms with E-state index in [9.17, 15) is 0 Å². The van der Waals surface area contributed by atoms with Crippen LogP contribution in [0.2, 0.25) is 0 Å². The highest BCUT2D eigenvalue weighted by Gasteiger charge is 2.22. The first kappa shape index (κ1) is 11.5. The Kier molecular flexibility index (Phi) is 3.22. The zero-order valence-corrected chi connectivity index (χ0v) is 10.4. The van der Waals surface area contributed by atoms with Crippen molar-refractivity contribution in [2.75, 3.05) is 5.73 Å². The van der Waals surface area contributed by atoms with E-state index < -0.39 is 0 Å². The number of rotatable bonds is 1. The van der Waals surface area contributed by atoms with Crippen molar-refractivity contribution in [1.29, 1.82) is 0 Å². The van der Waals surface area contributed by atoms with Gasteiger partial charge < -0.3 is 11.5 Å². The quantitative estimate of drug-likeness (QED) is 0.759. The van der Waals surface area contributed by atoms with Gasteiger partial charge in [-0.25, -0.2) is 0 Å². The van der Waals surface area contributed by atoms with Gasteiger partial charge in [0.1, 0.15) is 0 Å². The maximum absolute atomic E-state index is 6.13. The van der Waals surface area contributed by atoms with Crippen LogP contribution in [0.3, 0.4) is 0 Å². The fourth-order valence-electron chi connectivity index (χ4n) is 1.24. The minimum atomic E-state index is 0.0272. The van der Waals surface area contributed by atoms with Crippen molar-refractivity contribution in [1.82, 2.24) is 0 Å². The van der Waals surface area contributed by atoms with Gasteiger partial charge in [-0.2, -0.15) is 0 Å². The first-order valence-electron chi connectivity index (χ1n) is 4.63. The van der Waals surface area contributed by atoms with E-state index in [4.69, 9.17) is 11.5 Å². The molecule has 0 amide bonds. The van der Waals surface area contributed by atoms with E-state index in [0.29, 0.717) is 0 Å². The number of halogens is 1. The molecule has 4 N–H and O–H groups in total. The van der Waals surface area contributed by atoms with Crippen LogP contribution in [0.4, 0.5) is 5.69 Å². The second-order valence-electron chi connectivity index (χ2n) is 4.62. The lowest BCUT2D eigenvalue weighted by Gasteiger charge is -2.27. The average molecular weight is 257 g/mol. The molecule has 1 aromatic carbocycles. The van der Waals surface area contributed by atoms with Crippen molar-refractivity contribution in [3.05, 3.63) is 28.2 Å². The highest BCUT2D eigenvalue weighted by atomic mass is 79.9. The monoisotopic (exact) mass is 256 g/mol. The maximum atomic E-state index is 6.13. The van der Waals surface area contributed by atoms with Crippen molar-refractivity contribution in [2.24, 2.45) is 11.1 Å². The Labute approximate surface area is 93.8 Å². The van der Waals surface area contributed by atoms with Crippen molar-refractivity contribution in [3.63, 3.8) is 0 Å². The molecule has 1 rings (SSSR count). The van der Waals surface area contributed by atoms with Crippen molar-refractivity contribution >= 4 is 21.6 Å². The smallest absolute Gasteiger partial charge is 0.0458 e. The highest BCUT2D eigenvalue weighted by Crippen LogP contribution is 2.32. The van der Waals surface area contributed by atoms with E-state index in [-0.39, 0.29) is 11.5 Å². The Morgan fingerprint density at radius 1 is 1.29 bits per heavy atom. The molecule has 2 nitrogen and oxygen atoms in total. The lowest BCUT2D eigenvalue weighted by Crippen LogP contribution is -2.26. The fourth-order valence-corrected chi connectivity index (χ4v) is 1.63. The molecule has 0 fully saturated rings. The maximum Gasteiger partial charge on any atom is 0.0458 e. The summed E-state index contributed by atoms with van der Waals surface area (Å²) in [4.78, 5) is 0. The summed E-state index contributed by atoms with van der Waals surface area (Å²) < 4.78 is 0.912. The van der Waals surface area contributed by atoms with Gasteiger partial charge in [-0.1, -0.05) is 26.8 Å². The van der Waals surface area contributed by atoms with Gasteiger partial charge in [-0.3, -0.25) is 0 Å². The Bertz CT molecular complexity index is 329. The molecule has 0 radical (unpaired) electrons. The Balaban J connectivity index is 3.03. The van der Waals surface area contributed by atoms with Crippen LogP contribution >= 0.6 is 15.9 Å². The van der Waals surface area contributed by atoms with E-state index in [0.717, 1.165) is 15.7 Å². The molecule has 0 aromatic heterocycles. The summed E-state index contributed by atoms with van der Waals surface area (Å²) in [5.74, 6) is 0. The van der Waals surface area contributed by atoms with Gasteiger partial charge in [0.05, 0.1) is 0 Å². The number of benzene rings is 1. The third kappa shape index (κ3) is 2.49. The van der Waals surface area contributed by atoms with Crippen LogP contribution in [0.15, 0.2) is 22.7 Å². The molecule has 0 saturated heterocycles. The predicted molar refractivity (Wildman–Crippen MR) is 64.9 cm³/mol. The first-order chi connectivity index (χ1) is 6.32. The summed E-state index contributed by atoms with van der Waals surface area (Å²) in [6.07, 6.45) is 0. The molecule has 0 heterocycles. The largest absolute Gasteiger partial charge is 0.398 e. The first-order valence-corrected chi connectivity index (χ1v) is 5.42. The summed E-state index contributed by atoms with van der Waals surface area (Å²) >= 11 is 3.40. The Morgan fingerprint density at radius 3 is 2.29 bits per heavy atom. The van der Waals surface area contributed by atoms with Crippen LogP contribution in [0.25, 0.3) is 0 Å². The Hall–Kier alpha value is -0.540. The van der Waals surface area contributed by atoms with Crippen molar-refractivity contribution < 1.29 is 0 Å². The summed E-state index contributed by atoms with van der Waals surface area (Å²) in [6, 6.07) is 5.88. The highest BCUT2D eigenvalue weighted by molar-refractivity contribution is 9.10. The van der Waals surface area contributed by atoms with Gasteiger partial charge in [-0.15, -0.1) is 0 Å². The number of hydrogen-bond donors (Lipinski definition) is 2. The molecule has 0 aliphatic heterocycles. The van der Waals surface area contributed by atoms with Gasteiger partial charge in [0.15, 0.2) is 0 Å². The van der Waals surface area contributed by atoms with Gasteiger partial charge in [0.25, 0.3) is 0 Å². The third-order valence-electron chi connectivity index (χ3n) is 2.32. The third-order valence-corrected chi connectivity index (χ3v) is 3.00. The van der Waals surface area contributed by atoms with E-state index in [1.54, 1.807) is 0 Å². The minimum absolute atomic E-state index is 0.0272. The summed E-state index contributed by atoms with van der Waals surface area (Å²) in [5.41, 5.74) is 13.8. The van der Waals surface area contributed by atoms with Gasteiger partial charge in [0.2, 0.25) is 0 Å². The lowest BCUT2D eigenvalue weighted by atomic mass is 9.83. The summed E-state index contributed by atoms with van der Waals surface area (Å²) in [5, 5.41) is 0. The number of nitrogen functional groups attached to an aromatic ring is 1. The molecule has 0 unspecified atom stereocenters.